The van der Waals surface area contributed by atoms with E-state index in [1.807, 2.05) is 0 Å². The first-order valence-corrected chi connectivity index (χ1v) is 30.1. The first-order chi connectivity index (χ1) is 35.0. The number of hydrogen-bond donors (Lipinski definition) is 0. The highest BCUT2D eigenvalue weighted by Crippen LogP contribution is 2.16. The number of ether oxygens (including phenoxy) is 3. The molecule has 0 saturated carbocycles. The van der Waals surface area contributed by atoms with Crippen molar-refractivity contribution in [1.82, 2.24) is 0 Å². The third-order valence-electron chi connectivity index (χ3n) is 12.9. The average Bonchev–Trinajstić information content (AvgIpc) is 3.37. The van der Waals surface area contributed by atoms with Crippen molar-refractivity contribution in [3.8, 4) is 0 Å². The molecule has 1 atom stereocenters. The van der Waals surface area contributed by atoms with Crippen LogP contribution >= 0.6 is 0 Å². The van der Waals surface area contributed by atoms with E-state index in [-0.39, 0.29) is 31.1 Å². The van der Waals surface area contributed by atoms with Gasteiger partial charge in [-0.2, -0.15) is 0 Å². The van der Waals surface area contributed by atoms with Crippen molar-refractivity contribution in [3.05, 3.63) is 85.1 Å². The van der Waals surface area contributed by atoms with E-state index in [0.717, 1.165) is 103 Å². The van der Waals surface area contributed by atoms with Gasteiger partial charge in [0.15, 0.2) is 6.10 Å². The van der Waals surface area contributed by atoms with Crippen molar-refractivity contribution >= 4 is 17.9 Å². The zero-order valence-corrected chi connectivity index (χ0v) is 46.7. The molecular formula is C65H112O6. The smallest absolute Gasteiger partial charge is 0.306 e. The fraction of sp³-hybridized carbons (Fsp3) is 0.738. The average molecular weight is 990 g/mol. The van der Waals surface area contributed by atoms with Gasteiger partial charge in [-0.25, -0.2) is 0 Å². The number of allylic oxidation sites excluding steroid dienone is 14. The Bertz CT molecular complexity index is 1370. The normalized spacial score (nSPS) is 12.7. The Kier molecular flexibility index (Phi) is 56.3. The predicted molar refractivity (Wildman–Crippen MR) is 307 cm³/mol. The highest BCUT2D eigenvalue weighted by molar-refractivity contribution is 5.71. The van der Waals surface area contributed by atoms with Crippen LogP contribution < -0.4 is 0 Å². The van der Waals surface area contributed by atoms with E-state index in [9.17, 15) is 14.4 Å². The van der Waals surface area contributed by atoms with Crippen LogP contribution in [0.25, 0.3) is 0 Å². The van der Waals surface area contributed by atoms with Crippen LogP contribution in [0.4, 0.5) is 0 Å². The van der Waals surface area contributed by atoms with Crippen LogP contribution in [-0.2, 0) is 28.6 Å². The second-order valence-corrected chi connectivity index (χ2v) is 19.9. The van der Waals surface area contributed by atoms with Crippen molar-refractivity contribution in [2.75, 3.05) is 13.2 Å². The van der Waals surface area contributed by atoms with Gasteiger partial charge in [0.1, 0.15) is 13.2 Å². The van der Waals surface area contributed by atoms with Crippen LogP contribution in [0.1, 0.15) is 290 Å². The van der Waals surface area contributed by atoms with Crippen LogP contribution in [0.15, 0.2) is 85.1 Å². The zero-order valence-electron chi connectivity index (χ0n) is 46.7. The quantitative estimate of drug-likeness (QED) is 0.0261. The maximum Gasteiger partial charge on any atom is 0.306 e. The molecule has 0 radical (unpaired) electrons. The molecule has 0 amide bonds. The maximum absolute atomic E-state index is 12.8. The summed E-state index contributed by atoms with van der Waals surface area (Å²) in [7, 11) is 0. The molecule has 0 fully saturated rings. The van der Waals surface area contributed by atoms with Gasteiger partial charge in [-0.3, -0.25) is 14.4 Å². The van der Waals surface area contributed by atoms with Gasteiger partial charge in [0.25, 0.3) is 0 Å². The lowest BCUT2D eigenvalue weighted by Gasteiger charge is -2.18. The van der Waals surface area contributed by atoms with Gasteiger partial charge in [0.2, 0.25) is 0 Å². The van der Waals surface area contributed by atoms with Crippen LogP contribution in [0, 0.1) is 0 Å². The molecule has 0 heterocycles. The van der Waals surface area contributed by atoms with E-state index < -0.39 is 6.10 Å². The molecule has 0 N–H and O–H groups in total. The van der Waals surface area contributed by atoms with Gasteiger partial charge in [0.05, 0.1) is 0 Å². The molecule has 0 rings (SSSR count). The molecular weight excluding hydrogens is 877 g/mol. The Hall–Kier alpha value is -3.41. The van der Waals surface area contributed by atoms with Crippen LogP contribution in [0.3, 0.4) is 0 Å². The molecule has 1 unspecified atom stereocenters. The summed E-state index contributed by atoms with van der Waals surface area (Å²) in [6.45, 7) is 6.49. The molecule has 0 aliphatic rings. The molecule has 0 aromatic carbocycles. The van der Waals surface area contributed by atoms with Crippen molar-refractivity contribution in [2.24, 2.45) is 0 Å². The van der Waals surface area contributed by atoms with Gasteiger partial charge in [-0.1, -0.05) is 260 Å². The van der Waals surface area contributed by atoms with E-state index >= 15 is 0 Å². The van der Waals surface area contributed by atoms with Crippen LogP contribution in [-0.4, -0.2) is 37.2 Å². The molecule has 0 saturated heterocycles. The molecule has 0 spiro atoms. The molecule has 6 nitrogen and oxygen atoms in total. The lowest BCUT2D eigenvalue weighted by atomic mass is 10.0. The highest BCUT2D eigenvalue weighted by Gasteiger charge is 2.19. The van der Waals surface area contributed by atoms with E-state index in [1.165, 1.54) is 148 Å². The summed E-state index contributed by atoms with van der Waals surface area (Å²) < 4.78 is 16.8. The van der Waals surface area contributed by atoms with Crippen LogP contribution in [0.5, 0.6) is 0 Å². The van der Waals surface area contributed by atoms with Gasteiger partial charge in [-0.05, 0) is 96.3 Å². The zero-order chi connectivity index (χ0) is 51.4. The summed E-state index contributed by atoms with van der Waals surface area (Å²) in [4.78, 5) is 38.1. The minimum absolute atomic E-state index is 0.0784. The fourth-order valence-corrected chi connectivity index (χ4v) is 8.38. The minimum atomic E-state index is -0.779. The third kappa shape index (κ3) is 57.4. The summed E-state index contributed by atoms with van der Waals surface area (Å²) in [6.07, 6.45) is 77.3. The monoisotopic (exact) mass is 989 g/mol. The summed E-state index contributed by atoms with van der Waals surface area (Å²) >= 11 is 0. The van der Waals surface area contributed by atoms with Gasteiger partial charge < -0.3 is 14.2 Å². The molecule has 0 aliphatic heterocycles. The first-order valence-electron chi connectivity index (χ1n) is 30.1. The Balaban J connectivity index is 4.19. The standard InChI is InChI=1S/C65H112O6/c1-4-7-10-13-16-19-21-23-25-27-29-30-31-32-33-34-35-36-37-39-40-42-44-46-49-52-55-58-64(67)70-61-62(60-69-63(66)57-54-51-48-18-15-12-9-6-3)71-65(68)59-56-53-50-47-45-43-41-38-28-26-24-22-20-17-14-11-8-5-2/h7,10,16,19-20,22-23,25-26,28-30,32-33,62H,4-6,8-9,11-15,17-18,21,24,27,31,34-61H2,1-3H3/b10-7-,19-16-,22-20-,25-23-,28-26-,30-29-,33-32-. The van der Waals surface area contributed by atoms with Gasteiger partial charge in [0, 0.05) is 19.3 Å². The molecule has 0 bridgehead atoms. The number of unbranched alkanes of at least 4 members (excludes halogenated alkanes) is 29. The van der Waals surface area contributed by atoms with Crippen molar-refractivity contribution in [2.45, 2.75) is 297 Å². The summed E-state index contributed by atoms with van der Waals surface area (Å²) in [5, 5.41) is 0. The Morgan fingerprint density at radius 2 is 0.549 bits per heavy atom. The molecule has 0 aliphatic carbocycles. The second kappa shape index (κ2) is 59.2. The summed E-state index contributed by atoms with van der Waals surface area (Å²) in [5.41, 5.74) is 0. The first kappa shape index (κ1) is 67.6. The molecule has 0 aromatic rings. The Morgan fingerprint density at radius 1 is 0.296 bits per heavy atom. The van der Waals surface area contributed by atoms with E-state index in [2.05, 4.69) is 106 Å². The maximum atomic E-state index is 12.8. The van der Waals surface area contributed by atoms with E-state index in [4.69, 9.17) is 14.2 Å². The minimum Gasteiger partial charge on any atom is -0.462 e. The molecule has 71 heavy (non-hydrogen) atoms. The van der Waals surface area contributed by atoms with Gasteiger partial charge in [-0.15, -0.1) is 0 Å². The molecule has 0 aromatic heterocycles. The predicted octanol–water partition coefficient (Wildman–Crippen LogP) is 20.3. The van der Waals surface area contributed by atoms with E-state index in [0.29, 0.717) is 19.3 Å². The topological polar surface area (TPSA) is 78.9 Å². The summed E-state index contributed by atoms with van der Waals surface area (Å²) in [6, 6.07) is 0. The lowest BCUT2D eigenvalue weighted by Crippen LogP contribution is -2.30. The van der Waals surface area contributed by atoms with Gasteiger partial charge >= 0.3 is 17.9 Å². The van der Waals surface area contributed by atoms with Crippen molar-refractivity contribution in [3.63, 3.8) is 0 Å². The molecule has 408 valence electrons. The fourth-order valence-electron chi connectivity index (χ4n) is 8.38. The SMILES string of the molecule is CC/C=C\C/C=C\C/C=C\C/C=C\C/C=C\CCCCCCCCCCCCCC(=O)OCC(COC(=O)CCCCCCCCCC)OC(=O)CCCCCCCCC/C=C\C/C=C\CCCCCC. The Labute approximate surface area is 439 Å². The third-order valence-corrected chi connectivity index (χ3v) is 12.9. The lowest BCUT2D eigenvalue weighted by molar-refractivity contribution is -0.167. The number of rotatable bonds is 54. The van der Waals surface area contributed by atoms with E-state index in [1.54, 1.807) is 0 Å². The highest BCUT2D eigenvalue weighted by atomic mass is 16.6. The number of hydrogen-bond acceptors (Lipinski definition) is 6. The number of esters is 3. The molecule has 6 heteroatoms. The van der Waals surface area contributed by atoms with Crippen LogP contribution in [0.2, 0.25) is 0 Å². The second-order valence-electron chi connectivity index (χ2n) is 19.9. The number of carbonyl (C=O) groups excluding carboxylic acids is 3. The Morgan fingerprint density at radius 3 is 0.873 bits per heavy atom. The summed E-state index contributed by atoms with van der Waals surface area (Å²) in [5.74, 6) is -0.886. The van der Waals surface area contributed by atoms with Crippen molar-refractivity contribution in [1.29, 1.82) is 0 Å². The largest absolute Gasteiger partial charge is 0.462 e. The van der Waals surface area contributed by atoms with Crippen molar-refractivity contribution < 1.29 is 28.6 Å². The number of carbonyl (C=O) groups is 3.